The lowest BCUT2D eigenvalue weighted by Gasteiger charge is -2.08. The third-order valence-electron chi connectivity index (χ3n) is 5.20. The summed E-state index contributed by atoms with van der Waals surface area (Å²) in [5.74, 6) is 0.0246. The van der Waals surface area contributed by atoms with Crippen molar-refractivity contribution in [1.29, 1.82) is 0 Å². The Morgan fingerprint density at radius 1 is 1.09 bits per heavy atom. The van der Waals surface area contributed by atoms with Crippen LogP contribution in [-0.4, -0.2) is 50.1 Å². The van der Waals surface area contributed by atoms with E-state index in [4.69, 9.17) is 4.74 Å². The van der Waals surface area contributed by atoms with E-state index in [9.17, 15) is 9.59 Å². The first-order valence-corrected chi connectivity index (χ1v) is 10.1. The summed E-state index contributed by atoms with van der Waals surface area (Å²) in [5.41, 5.74) is 3.82. The van der Waals surface area contributed by atoms with Crippen molar-refractivity contribution in [2.45, 2.75) is 6.92 Å². The third kappa shape index (κ3) is 3.20. The van der Waals surface area contributed by atoms with Crippen LogP contribution in [0.3, 0.4) is 0 Å². The fraction of sp³-hybridized carbons (Fsp3) is 0.130. The van der Waals surface area contributed by atoms with Crippen LogP contribution in [0.25, 0.3) is 27.6 Å². The van der Waals surface area contributed by atoms with Gasteiger partial charge in [0.2, 0.25) is 11.6 Å². The molecule has 0 saturated carbocycles. The fourth-order valence-corrected chi connectivity index (χ4v) is 3.72. The van der Waals surface area contributed by atoms with E-state index in [1.165, 1.54) is 0 Å². The summed E-state index contributed by atoms with van der Waals surface area (Å²) in [5, 5.41) is 8.48. The summed E-state index contributed by atoms with van der Waals surface area (Å²) >= 11 is 0. The first-order valence-electron chi connectivity index (χ1n) is 10.1. The number of esters is 1. The SMILES string of the molecule is CCOC(=O)c1nc2ccc(-n3ncc(C(=O)c4cc5ccccc5[nH]4)c3NC)cc2[nH]1. The molecule has 32 heavy (non-hydrogen) atoms. The minimum atomic E-state index is -0.508. The van der Waals surface area contributed by atoms with E-state index in [1.54, 1.807) is 30.9 Å². The van der Waals surface area contributed by atoms with Gasteiger partial charge in [-0.25, -0.2) is 14.5 Å². The molecule has 0 amide bonds. The monoisotopic (exact) mass is 428 g/mol. The Morgan fingerprint density at radius 3 is 2.72 bits per heavy atom. The van der Waals surface area contributed by atoms with Crippen LogP contribution in [0.15, 0.2) is 54.7 Å². The summed E-state index contributed by atoms with van der Waals surface area (Å²) in [6.45, 7) is 2.01. The van der Waals surface area contributed by atoms with E-state index in [0.717, 1.165) is 10.9 Å². The van der Waals surface area contributed by atoms with Crippen LogP contribution >= 0.6 is 0 Å². The van der Waals surface area contributed by atoms with Gasteiger partial charge in [0.25, 0.3) is 0 Å². The third-order valence-corrected chi connectivity index (χ3v) is 5.20. The van der Waals surface area contributed by atoms with Gasteiger partial charge in [-0.1, -0.05) is 18.2 Å². The largest absolute Gasteiger partial charge is 0.460 e. The zero-order valence-electron chi connectivity index (χ0n) is 17.5. The van der Waals surface area contributed by atoms with Crippen LogP contribution in [0.1, 0.15) is 33.6 Å². The molecular weight excluding hydrogens is 408 g/mol. The van der Waals surface area contributed by atoms with Gasteiger partial charge in [-0.3, -0.25) is 4.79 Å². The van der Waals surface area contributed by atoms with Gasteiger partial charge < -0.3 is 20.0 Å². The summed E-state index contributed by atoms with van der Waals surface area (Å²) < 4.78 is 6.64. The molecule has 0 aliphatic heterocycles. The maximum atomic E-state index is 13.2. The number of nitrogens with zero attached hydrogens (tertiary/aromatic N) is 3. The number of H-pyrrole nitrogens is 2. The van der Waals surface area contributed by atoms with Crippen LogP contribution in [0.5, 0.6) is 0 Å². The summed E-state index contributed by atoms with van der Waals surface area (Å²) in [4.78, 5) is 35.6. The minimum Gasteiger partial charge on any atom is -0.460 e. The average molecular weight is 428 g/mol. The van der Waals surface area contributed by atoms with Crippen LogP contribution in [0, 0.1) is 0 Å². The molecular formula is C23H20N6O3. The number of fused-ring (bicyclic) bond motifs is 2. The van der Waals surface area contributed by atoms with Gasteiger partial charge in [0, 0.05) is 18.0 Å². The zero-order valence-corrected chi connectivity index (χ0v) is 17.5. The molecule has 0 fully saturated rings. The maximum Gasteiger partial charge on any atom is 0.374 e. The zero-order chi connectivity index (χ0) is 22.2. The van der Waals surface area contributed by atoms with Gasteiger partial charge in [0.1, 0.15) is 5.82 Å². The van der Waals surface area contributed by atoms with Gasteiger partial charge in [0.15, 0.2) is 0 Å². The number of anilines is 1. The molecule has 0 aliphatic rings. The first-order chi connectivity index (χ1) is 15.6. The molecule has 0 radical (unpaired) electrons. The Kier molecular flexibility index (Phi) is 4.70. The molecule has 9 nitrogen and oxygen atoms in total. The molecule has 0 unspecified atom stereocenters. The molecule has 0 aliphatic carbocycles. The summed E-state index contributed by atoms with van der Waals surface area (Å²) in [7, 11) is 1.74. The molecule has 5 rings (SSSR count). The highest BCUT2D eigenvalue weighted by molar-refractivity contribution is 6.12. The Bertz CT molecular complexity index is 1440. The van der Waals surface area contributed by atoms with Crippen LogP contribution < -0.4 is 5.32 Å². The van der Waals surface area contributed by atoms with E-state index in [1.807, 2.05) is 42.5 Å². The average Bonchev–Trinajstić information content (AvgIpc) is 3.53. The lowest BCUT2D eigenvalue weighted by molar-refractivity contribution is 0.0513. The number of hydrogen-bond acceptors (Lipinski definition) is 6. The van der Waals surface area contributed by atoms with Gasteiger partial charge >= 0.3 is 5.97 Å². The summed E-state index contributed by atoms with van der Waals surface area (Å²) in [6.07, 6.45) is 1.54. The number of aromatic amines is 2. The van der Waals surface area contributed by atoms with E-state index >= 15 is 0 Å². The number of hydrogen-bond donors (Lipinski definition) is 3. The predicted octanol–water partition coefficient (Wildman–Crippen LogP) is 3.68. The number of ketones is 1. The van der Waals surface area contributed by atoms with Crippen molar-refractivity contribution in [2.24, 2.45) is 0 Å². The van der Waals surface area contributed by atoms with Crippen molar-refractivity contribution < 1.29 is 14.3 Å². The predicted molar refractivity (Wildman–Crippen MR) is 120 cm³/mol. The van der Waals surface area contributed by atoms with Crippen LogP contribution in [-0.2, 0) is 4.74 Å². The molecule has 160 valence electrons. The lowest BCUT2D eigenvalue weighted by atomic mass is 10.1. The Morgan fingerprint density at radius 2 is 1.94 bits per heavy atom. The first kappa shape index (κ1) is 19.6. The number of aromatic nitrogens is 5. The number of benzene rings is 2. The highest BCUT2D eigenvalue weighted by Gasteiger charge is 2.21. The van der Waals surface area contributed by atoms with Crippen molar-refractivity contribution in [3.05, 3.63) is 71.8 Å². The highest BCUT2D eigenvalue weighted by atomic mass is 16.5. The molecule has 3 heterocycles. The van der Waals surface area contributed by atoms with E-state index < -0.39 is 5.97 Å². The Hall–Kier alpha value is -4.40. The number of imidazole rings is 1. The molecule has 0 spiro atoms. The molecule has 3 aromatic heterocycles. The maximum absolute atomic E-state index is 13.2. The van der Waals surface area contributed by atoms with E-state index in [2.05, 4.69) is 25.4 Å². The second-order valence-electron chi connectivity index (χ2n) is 7.18. The molecule has 0 atom stereocenters. The molecule has 0 saturated heterocycles. The fourth-order valence-electron chi connectivity index (χ4n) is 3.72. The normalized spacial score (nSPS) is 11.2. The van der Waals surface area contributed by atoms with Gasteiger partial charge in [-0.2, -0.15) is 5.10 Å². The molecule has 2 aromatic carbocycles. The smallest absolute Gasteiger partial charge is 0.374 e. The van der Waals surface area contributed by atoms with Gasteiger partial charge in [-0.05, 0) is 37.3 Å². The second-order valence-corrected chi connectivity index (χ2v) is 7.18. The van der Waals surface area contributed by atoms with Crippen molar-refractivity contribution >= 4 is 39.5 Å². The van der Waals surface area contributed by atoms with Crippen molar-refractivity contribution in [3.63, 3.8) is 0 Å². The number of ether oxygens (including phenoxy) is 1. The summed E-state index contributed by atoms with van der Waals surface area (Å²) in [6, 6.07) is 15.0. The molecule has 0 bridgehead atoms. The minimum absolute atomic E-state index is 0.142. The van der Waals surface area contributed by atoms with E-state index in [-0.39, 0.29) is 18.2 Å². The van der Waals surface area contributed by atoms with Crippen molar-refractivity contribution in [3.8, 4) is 5.69 Å². The quantitative estimate of drug-likeness (QED) is 0.281. The van der Waals surface area contributed by atoms with Crippen molar-refractivity contribution in [1.82, 2.24) is 24.7 Å². The number of carbonyl (C=O) groups excluding carboxylic acids is 2. The number of rotatable bonds is 6. The number of nitrogens with one attached hydrogen (secondary N) is 3. The molecule has 9 heteroatoms. The van der Waals surface area contributed by atoms with Crippen molar-refractivity contribution in [2.75, 3.05) is 19.0 Å². The standard InChI is InChI=1S/C23H20N6O3/c1-3-32-23(31)21-27-17-9-8-14(11-18(17)28-21)29-22(24-2)15(12-25-29)20(30)19-10-13-6-4-5-7-16(13)26-19/h4-12,24,26H,3H2,1-2H3,(H,27,28). The molecule has 5 aromatic rings. The Balaban J connectivity index is 1.52. The number of para-hydroxylation sites is 1. The van der Waals surface area contributed by atoms with Gasteiger partial charge in [-0.15, -0.1) is 0 Å². The topological polar surface area (TPSA) is 118 Å². The Labute approximate surface area is 182 Å². The second kappa shape index (κ2) is 7.69. The van der Waals surface area contributed by atoms with Crippen LogP contribution in [0.4, 0.5) is 5.82 Å². The highest BCUT2D eigenvalue weighted by Crippen LogP contribution is 2.26. The molecule has 3 N–H and O–H groups in total. The van der Waals surface area contributed by atoms with Gasteiger partial charge in [0.05, 0.1) is 40.8 Å². The van der Waals surface area contributed by atoms with Crippen LogP contribution in [0.2, 0.25) is 0 Å². The number of carbonyl (C=O) groups is 2. The van der Waals surface area contributed by atoms with E-state index in [0.29, 0.717) is 33.8 Å². The lowest BCUT2D eigenvalue weighted by Crippen LogP contribution is -2.08.